The lowest BCUT2D eigenvalue weighted by molar-refractivity contribution is -0.137. The van der Waals surface area contributed by atoms with E-state index >= 15 is 0 Å². The van der Waals surface area contributed by atoms with Crippen molar-refractivity contribution >= 4 is 35.0 Å². The fourth-order valence-corrected chi connectivity index (χ4v) is 3.26. The SMILES string of the molecule is O=C(CSc1nnc(Cc2ccccc2Cl)c(=O)[nH]1)Nc1cccc(C(F)(F)F)c1. The van der Waals surface area contributed by atoms with Crippen LogP contribution in [0.15, 0.2) is 58.5 Å². The van der Waals surface area contributed by atoms with Crippen LogP contribution in [0.3, 0.4) is 0 Å². The van der Waals surface area contributed by atoms with Gasteiger partial charge in [-0.1, -0.05) is 47.6 Å². The average Bonchev–Trinajstić information content (AvgIpc) is 2.69. The molecule has 0 spiro atoms. The third kappa shape index (κ3) is 5.83. The summed E-state index contributed by atoms with van der Waals surface area (Å²) in [7, 11) is 0. The van der Waals surface area contributed by atoms with Crippen molar-refractivity contribution in [2.45, 2.75) is 17.8 Å². The van der Waals surface area contributed by atoms with Gasteiger partial charge in [0.25, 0.3) is 5.56 Å². The highest BCUT2D eigenvalue weighted by Crippen LogP contribution is 2.30. The minimum Gasteiger partial charge on any atom is -0.325 e. The number of H-pyrrole nitrogens is 1. The maximum Gasteiger partial charge on any atom is 0.416 e. The van der Waals surface area contributed by atoms with E-state index in [1.807, 2.05) is 0 Å². The van der Waals surface area contributed by atoms with Crippen molar-refractivity contribution in [2.75, 3.05) is 11.1 Å². The van der Waals surface area contributed by atoms with E-state index in [0.717, 1.165) is 29.5 Å². The summed E-state index contributed by atoms with van der Waals surface area (Å²) >= 11 is 6.97. The molecular formula is C19H14ClF3N4O2S. The van der Waals surface area contributed by atoms with Crippen molar-refractivity contribution in [1.29, 1.82) is 0 Å². The molecule has 2 N–H and O–H groups in total. The molecule has 1 heterocycles. The molecule has 0 aliphatic heterocycles. The van der Waals surface area contributed by atoms with Crippen LogP contribution in [0.5, 0.6) is 0 Å². The van der Waals surface area contributed by atoms with Gasteiger partial charge < -0.3 is 5.32 Å². The normalized spacial score (nSPS) is 11.3. The molecule has 0 radical (unpaired) electrons. The number of halogens is 4. The summed E-state index contributed by atoms with van der Waals surface area (Å²) in [4.78, 5) is 26.7. The zero-order chi connectivity index (χ0) is 21.7. The number of rotatable bonds is 6. The molecule has 30 heavy (non-hydrogen) atoms. The summed E-state index contributed by atoms with van der Waals surface area (Å²) in [6.07, 6.45) is -4.31. The summed E-state index contributed by atoms with van der Waals surface area (Å²) in [6.45, 7) is 0. The standard InChI is InChI=1S/C19H14ClF3N4O2S/c20-14-7-2-1-4-11(14)8-15-17(29)25-18(27-26-15)30-10-16(28)24-13-6-3-5-12(9-13)19(21,22)23/h1-7,9H,8,10H2,(H,24,28)(H,25,27,29). The monoisotopic (exact) mass is 454 g/mol. The molecule has 156 valence electrons. The summed E-state index contributed by atoms with van der Waals surface area (Å²) < 4.78 is 38.2. The lowest BCUT2D eigenvalue weighted by atomic mass is 10.1. The number of nitrogens with one attached hydrogen (secondary N) is 2. The Hall–Kier alpha value is -2.85. The third-order valence-electron chi connectivity index (χ3n) is 3.87. The van der Waals surface area contributed by atoms with Gasteiger partial charge in [-0.05, 0) is 29.8 Å². The highest BCUT2D eigenvalue weighted by molar-refractivity contribution is 7.99. The Morgan fingerprint density at radius 1 is 1.13 bits per heavy atom. The summed E-state index contributed by atoms with van der Waals surface area (Å²) in [5.74, 6) is -0.729. The van der Waals surface area contributed by atoms with Crippen LogP contribution in [0.25, 0.3) is 0 Å². The molecule has 6 nitrogen and oxygen atoms in total. The highest BCUT2D eigenvalue weighted by atomic mass is 35.5. The lowest BCUT2D eigenvalue weighted by Gasteiger charge is -2.09. The van der Waals surface area contributed by atoms with Gasteiger partial charge >= 0.3 is 6.18 Å². The molecule has 0 saturated heterocycles. The summed E-state index contributed by atoms with van der Waals surface area (Å²) in [5.41, 5.74) is -0.422. The zero-order valence-corrected chi connectivity index (χ0v) is 16.7. The Labute approximate surface area is 177 Å². The summed E-state index contributed by atoms with van der Waals surface area (Å²) in [5, 5.41) is 10.8. The van der Waals surface area contributed by atoms with Crippen LogP contribution in [0, 0.1) is 0 Å². The molecule has 0 atom stereocenters. The molecule has 3 rings (SSSR count). The minimum atomic E-state index is -4.50. The van der Waals surface area contributed by atoms with Crippen molar-refractivity contribution in [2.24, 2.45) is 0 Å². The number of aromatic amines is 1. The molecule has 3 aromatic rings. The molecule has 11 heteroatoms. The molecule has 1 amide bonds. The van der Waals surface area contributed by atoms with Gasteiger partial charge in [-0.2, -0.15) is 13.2 Å². The second-order valence-electron chi connectivity index (χ2n) is 6.09. The summed E-state index contributed by atoms with van der Waals surface area (Å²) in [6, 6.07) is 11.3. The average molecular weight is 455 g/mol. The Morgan fingerprint density at radius 3 is 2.60 bits per heavy atom. The molecular weight excluding hydrogens is 441 g/mol. The molecule has 0 bridgehead atoms. The first-order chi connectivity index (χ1) is 14.2. The van der Waals surface area contributed by atoms with Crippen LogP contribution in [-0.2, 0) is 17.4 Å². The first kappa shape index (κ1) is 21.8. The number of carbonyl (C=O) groups excluding carboxylic acids is 1. The van der Waals surface area contributed by atoms with Crippen LogP contribution in [0.2, 0.25) is 5.02 Å². The van der Waals surface area contributed by atoms with E-state index in [9.17, 15) is 22.8 Å². The smallest absolute Gasteiger partial charge is 0.325 e. The Balaban J connectivity index is 1.60. The van der Waals surface area contributed by atoms with Crippen molar-refractivity contribution in [3.63, 3.8) is 0 Å². The second-order valence-corrected chi connectivity index (χ2v) is 7.46. The maximum atomic E-state index is 12.7. The number of alkyl halides is 3. The molecule has 0 saturated carbocycles. The van der Waals surface area contributed by atoms with Crippen molar-refractivity contribution in [1.82, 2.24) is 15.2 Å². The fourth-order valence-electron chi connectivity index (χ4n) is 2.45. The predicted octanol–water partition coefficient (Wildman–Crippen LogP) is 4.16. The first-order valence-corrected chi connectivity index (χ1v) is 9.88. The predicted molar refractivity (Wildman–Crippen MR) is 108 cm³/mol. The number of aromatic nitrogens is 3. The fraction of sp³-hybridized carbons (Fsp3) is 0.158. The number of carbonyl (C=O) groups is 1. The molecule has 0 aliphatic rings. The van der Waals surface area contributed by atoms with E-state index in [1.54, 1.807) is 24.3 Å². The van der Waals surface area contributed by atoms with Crippen LogP contribution in [-0.4, -0.2) is 26.8 Å². The van der Waals surface area contributed by atoms with E-state index < -0.39 is 23.2 Å². The topological polar surface area (TPSA) is 87.7 Å². The van der Waals surface area contributed by atoms with Crippen molar-refractivity contribution in [3.8, 4) is 0 Å². The number of hydrogen-bond donors (Lipinski definition) is 2. The van der Waals surface area contributed by atoms with Gasteiger partial charge in [0.15, 0.2) is 5.16 Å². The van der Waals surface area contributed by atoms with Gasteiger partial charge in [-0.15, -0.1) is 10.2 Å². The van der Waals surface area contributed by atoms with E-state index in [-0.39, 0.29) is 28.7 Å². The van der Waals surface area contributed by atoms with Gasteiger partial charge in [-0.3, -0.25) is 14.6 Å². The molecule has 1 aromatic heterocycles. The van der Waals surface area contributed by atoms with Crippen molar-refractivity contribution < 1.29 is 18.0 Å². The third-order valence-corrected chi connectivity index (χ3v) is 5.11. The van der Waals surface area contributed by atoms with E-state index in [4.69, 9.17) is 11.6 Å². The quantitative estimate of drug-likeness (QED) is 0.546. The number of thioether (sulfide) groups is 1. The Kier molecular flexibility index (Phi) is 6.78. The first-order valence-electron chi connectivity index (χ1n) is 8.51. The van der Waals surface area contributed by atoms with Gasteiger partial charge in [0, 0.05) is 17.1 Å². The van der Waals surface area contributed by atoms with Crippen LogP contribution >= 0.6 is 23.4 Å². The van der Waals surface area contributed by atoms with Crippen molar-refractivity contribution in [3.05, 3.63) is 80.7 Å². The Bertz CT molecular complexity index is 1120. The van der Waals surface area contributed by atoms with E-state index in [2.05, 4.69) is 20.5 Å². The number of nitrogens with zero attached hydrogens (tertiary/aromatic N) is 2. The van der Waals surface area contributed by atoms with Crippen LogP contribution in [0.1, 0.15) is 16.8 Å². The number of amides is 1. The Morgan fingerprint density at radius 2 is 1.90 bits per heavy atom. The zero-order valence-electron chi connectivity index (χ0n) is 15.2. The number of hydrogen-bond acceptors (Lipinski definition) is 5. The number of anilines is 1. The van der Waals surface area contributed by atoms with E-state index in [1.165, 1.54) is 12.1 Å². The lowest BCUT2D eigenvalue weighted by Crippen LogP contribution is -2.19. The van der Waals surface area contributed by atoms with E-state index in [0.29, 0.717) is 5.02 Å². The van der Waals surface area contributed by atoms with Crippen LogP contribution in [0.4, 0.5) is 18.9 Å². The largest absolute Gasteiger partial charge is 0.416 e. The van der Waals surface area contributed by atoms with Gasteiger partial charge in [0.05, 0.1) is 11.3 Å². The van der Waals surface area contributed by atoms with Gasteiger partial charge in [0.1, 0.15) is 5.69 Å². The van der Waals surface area contributed by atoms with Crippen LogP contribution < -0.4 is 10.9 Å². The van der Waals surface area contributed by atoms with Gasteiger partial charge in [-0.25, -0.2) is 0 Å². The maximum absolute atomic E-state index is 12.7. The highest BCUT2D eigenvalue weighted by Gasteiger charge is 2.30. The molecule has 0 unspecified atom stereocenters. The molecule has 0 fully saturated rings. The molecule has 2 aromatic carbocycles. The van der Waals surface area contributed by atoms with Gasteiger partial charge in [0.2, 0.25) is 5.91 Å². The number of benzene rings is 2. The molecule has 0 aliphatic carbocycles. The minimum absolute atomic E-state index is 0.0186. The second kappa shape index (κ2) is 9.31.